The van der Waals surface area contributed by atoms with Crippen LogP contribution in [0.2, 0.25) is 25.1 Å². The highest BCUT2D eigenvalue weighted by atomic mass is 35.5. The summed E-state index contributed by atoms with van der Waals surface area (Å²) in [5, 5.41) is 16.6. The molecule has 0 aromatic heterocycles. The molecule has 0 atom stereocenters. The van der Waals surface area contributed by atoms with E-state index in [1.165, 1.54) is 0 Å². The van der Waals surface area contributed by atoms with Crippen LogP contribution in [0.4, 0.5) is 0 Å². The zero-order chi connectivity index (χ0) is 12.2. The second-order valence-electron chi connectivity index (χ2n) is 2.23. The molecule has 0 heterocycles. The van der Waals surface area contributed by atoms with E-state index in [0.717, 1.165) is 0 Å². The number of aromatic hydroxyl groups is 1. The second-order valence-corrected chi connectivity index (χ2v) is 4.12. The lowest BCUT2D eigenvalue weighted by atomic mass is 10.3. The number of halogens is 5. The molecular formula is C8H7Cl5O2. The van der Waals surface area contributed by atoms with Crippen LogP contribution >= 0.6 is 58.0 Å². The van der Waals surface area contributed by atoms with Gasteiger partial charge >= 0.3 is 0 Å². The minimum atomic E-state index is -0.363. The molecule has 7 heteroatoms. The third-order valence-corrected chi connectivity index (χ3v) is 3.44. The number of aliphatic hydroxyl groups excluding tert-OH is 1. The van der Waals surface area contributed by atoms with Gasteiger partial charge in [0, 0.05) is 6.61 Å². The fourth-order valence-corrected chi connectivity index (χ4v) is 1.72. The highest BCUT2D eigenvalue weighted by Gasteiger charge is 2.17. The summed E-state index contributed by atoms with van der Waals surface area (Å²) in [4.78, 5) is 0. The molecule has 0 aliphatic rings. The van der Waals surface area contributed by atoms with E-state index in [0.29, 0.717) is 0 Å². The highest BCUT2D eigenvalue weighted by Crippen LogP contribution is 2.47. The molecule has 2 N–H and O–H groups in total. The van der Waals surface area contributed by atoms with Crippen molar-refractivity contribution in [3.63, 3.8) is 0 Å². The standard InChI is InChI=1S/C6HCl5O.C2H6O/c7-1-2(8)4(10)6(12)5(11)3(1)9;1-2-3/h12H;3H,2H2,1H3. The molecule has 0 amide bonds. The summed E-state index contributed by atoms with van der Waals surface area (Å²) < 4.78 is 0. The number of hydrogen-bond acceptors (Lipinski definition) is 2. The largest absolute Gasteiger partial charge is 0.505 e. The molecule has 0 saturated carbocycles. The van der Waals surface area contributed by atoms with Gasteiger partial charge in [-0.3, -0.25) is 0 Å². The van der Waals surface area contributed by atoms with E-state index in [2.05, 4.69) is 0 Å². The fraction of sp³-hybridized carbons (Fsp3) is 0.250. The molecule has 15 heavy (non-hydrogen) atoms. The monoisotopic (exact) mass is 310 g/mol. The number of hydrogen-bond donors (Lipinski definition) is 2. The third kappa shape index (κ3) is 3.74. The molecule has 1 aromatic rings. The smallest absolute Gasteiger partial charge is 0.155 e. The zero-order valence-corrected chi connectivity index (χ0v) is 11.3. The van der Waals surface area contributed by atoms with Gasteiger partial charge in [-0.2, -0.15) is 0 Å². The van der Waals surface area contributed by atoms with Crippen LogP contribution in [-0.2, 0) is 0 Å². The Morgan fingerprint density at radius 3 is 1.27 bits per heavy atom. The molecule has 0 radical (unpaired) electrons. The summed E-state index contributed by atoms with van der Waals surface area (Å²) in [7, 11) is 0. The third-order valence-electron chi connectivity index (χ3n) is 1.19. The molecule has 0 saturated heterocycles. The van der Waals surface area contributed by atoms with Crippen molar-refractivity contribution in [2.45, 2.75) is 6.92 Å². The average molecular weight is 312 g/mol. The van der Waals surface area contributed by atoms with Gasteiger partial charge in [0.25, 0.3) is 0 Å². The average Bonchev–Trinajstić information content (AvgIpc) is 2.22. The summed E-state index contributed by atoms with van der Waals surface area (Å²) in [5.74, 6) is -0.363. The van der Waals surface area contributed by atoms with Crippen LogP contribution in [0.25, 0.3) is 0 Å². The van der Waals surface area contributed by atoms with Gasteiger partial charge in [-0.25, -0.2) is 0 Å². The predicted molar refractivity (Wildman–Crippen MR) is 65.9 cm³/mol. The number of phenols is 1. The first-order valence-corrected chi connectivity index (χ1v) is 5.58. The fourth-order valence-electron chi connectivity index (χ4n) is 0.593. The molecule has 0 spiro atoms. The van der Waals surface area contributed by atoms with E-state index in [4.69, 9.17) is 63.1 Å². The minimum Gasteiger partial charge on any atom is -0.505 e. The van der Waals surface area contributed by atoms with Gasteiger partial charge in [0.2, 0.25) is 0 Å². The first kappa shape index (κ1) is 15.4. The lowest BCUT2D eigenvalue weighted by Crippen LogP contribution is -1.78. The lowest BCUT2D eigenvalue weighted by Gasteiger charge is -2.06. The Labute approximate surface area is 112 Å². The van der Waals surface area contributed by atoms with Crippen molar-refractivity contribution in [1.82, 2.24) is 0 Å². The van der Waals surface area contributed by atoms with Crippen molar-refractivity contribution < 1.29 is 10.2 Å². The van der Waals surface area contributed by atoms with Gasteiger partial charge in [0.05, 0.1) is 15.1 Å². The van der Waals surface area contributed by atoms with Crippen molar-refractivity contribution in [2.75, 3.05) is 6.61 Å². The number of aliphatic hydroxyl groups is 1. The summed E-state index contributed by atoms with van der Waals surface area (Å²) in [5.41, 5.74) is 0. The van der Waals surface area contributed by atoms with E-state index < -0.39 is 0 Å². The Balaban J connectivity index is 0.000000583. The van der Waals surface area contributed by atoms with Gasteiger partial charge in [-0.15, -0.1) is 0 Å². The molecule has 0 aliphatic carbocycles. The van der Waals surface area contributed by atoms with Crippen molar-refractivity contribution >= 4 is 58.0 Å². The lowest BCUT2D eigenvalue weighted by molar-refractivity contribution is 0.318. The topological polar surface area (TPSA) is 40.5 Å². The van der Waals surface area contributed by atoms with Gasteiger partial charge in [0.15, 0.2) is 5.75 Å². The predicted octanol–water partition coefficient (Wildman–Crippen LogP) is 4.66. The van der Waals surface area contributed by atoms with E-state index >= 15 is 0 Å². The van der Waals surface area contributed by atoms with Crippen LogP contribution in [0.5, 0.6) is 5.75 Å². The number of rotatable bonds is 0. The first-order valence-electron chi connectivity index (χ1n) is 3.69. The van der Waals surface area contributed by atoms with E-state index in [1.54, 1.807) is 6.92 Å². The van der Waals surface area contributed by atoms with E-state index in [1.807, 2.05) is 0 Å². The Morgan fingerprint density at radius 2 is 1.00 bits per heavy atom. The Kier molecular flexibility index (Phi) is 7.09. The maximum absolute atomic E-state index is 9.20. The van der Waals surface area contributed by atoms with Crippen molar-refractivity contribution in [3.05, 3.63) is 25.1 Å². The SMILES string of the molecule is CCO.Oc1c(Cl)c(Cl)c(Cl)c(Cl)c1Cl. The molecule has 86 valence electrons. The molecule has 1 rings (SSSR count). The Bertz CT molecular complexity index is 248. The summed E-state index contributed by atoms with van der Waals surface area (Å²) in [6.07, 6.45) is 0. The maximum Gasteiger partial charge on any atom is 0.155 e. The second kappa shape index (κ2) is 6.89. The Morgan fingerprint density at radius 1 is 0.800 bits per heavy atom. The van der Waals surface area contributed by atoms with Gasteiger partial charge in [0.1, 0.15) is 10.0 Å². The number of benzene rings is 1. The zero-order valence-electron chi connectivity index (χ0n) is 7.49. The molecule has 0 bridgehead atoms. The summed E-state index contributed by atoms with van der Waals surface area (Å²) >= 11 is 27.9. The maximum atomic E-state index is 9.20. The molecule has 0 fully saturated rings. The highest BCUT2D eigenvalue weighted by molar-refractivity contribution is 6.55. The minimum absolute atomic E-state index is 0.00904. The van der Waals surface area contributed by atoms with Crippen LogP contribution in [0.15, 0.2) is 0 Å². The van der Waals surface area contributed by atoms with Crippen LogP contribution < -0.4 is 0 Å². The van der Waals surface area contributed by atoms with Gasteiger partial charge in [-0.1, -0.05) is 58.0 Å². The summed E-state index contributed by atoms with van der Waals surface area (Å²) in [6, 6.07) is 0. The van der Waals surface area contributed by atoms with Gasteiger partial charge < -0.3 is 10.2 Å². The molecule has 1 aromatic carbocycles. The molecule has 2 nitrogen and oxygen atoms in total. The quantitative estimate of drug-likeness (QED) is 0.540. The van der Waals surface area contributed by atoms with E-state index in [-0.39, 0.29) is 37.5 Å². The van der Waals surface area contributed by atoms with Crippen LogP contribution in [-0.4, -0.2) is 16.8 Å². The molecular weight excluding hydrogens is 305 g/mol. The summed E-state index contributed by atoms with van der Waals surface area (Å²) in [6.45, 7) is 1.93. The van der Waals surface area contributed by atoms with Crippen LogP contribution in [0.3, 0.4) is 0 Å². The molecule has 0 unspecified atom stereocenters. The first-order chi connectivity index (χ1) is 6.88. The molecule has 0 aliphatic heterocycles. The van der Waals surface area contributed by atoms with Crippen LogP contribution in [0.1, 0.15) is 6.92 Å². The number of phenolic OH excluding ortho intramolecular Hbond substituents is 1. The normalized spacial score (nSPS) is 9.53. The van der Waals surface area contributed by atoms with Crippen molar-refractivity contribution in [2.24, 2.45) is 0 Å². The van der Waals surface area contributed by atoms with Crippen LogP contribution in [0, 0.1) is 0 Å². The van der Waals surface area contributed by atoms with Gasteiger partial charge in [-0.05, 0) is 6.92 Å². The Hall–Kier alpha value is 0.430. The van der Waals surface area contributed by atoms with Crippen molar-refractivity contribution in [1.29, 1.82) is 0 Å². The van der Waals surface area contributed by atoms with E-state index in [9.17, 15) is 5.11 Å². The van der Waals surface area contributed by atoms with Crippen molar-refractivity contribution in [3.8, 4) is 5.75 Å².